The van der Waals surface area contributed by atoms with Gasteiger partial charge in [-0.15, -0.1) is 0 Å². The fourth-order valence-electron chi connectivity index (χ4n) is 3.31. The van der Waals surface area contributed by atoms with Crippen molar-refractivity contribution in [1.29, 1.82) is 0 Å². The highest BCUT2D eigenvalue weighted by Crippen LogP contribution is 2.37. The lowest BCUT2D eigenvalue weighted by Crippen LogP contribution is -2.41. The largest absolute Gasteiger partial charge is 0.494 e. The topological polar surface area (TPSA) is 90.7 Å². The number of fused-ring (bicyclic) bond motifs is 1. The first-order valence-electron chi connectivity index (χ1n) is 8.76. The normalized spacial score (nSPS) is 24.9. The zero-order valence-corrected chi connectivity index (χ0v) is 15.3. The van der Waals surface area contributed by atoms with Crippen LogP contribution in [-0.4, -0.2) is 35.3 Å². The molecule has 0 aliphatic carbocycles. The van der Waals surface area contributed by atoms with Gasteiger partial charge in [-0.25, -0.2) is 0 Å². The molecule has 4 rings (SSSR count). The lowest BCUT2D eigenvalue weighted by atomic mass is 9.78. The zero-order chi connectivity index (χ0) is 18.7. The Balaban J connectivity index is 1.64. The third-order valence-corrected chi connectivity index (χ3v) is 5.62. The summed E-state index contributed by atoms with van der Waals surface area (Å²) >= 11 is 0. The summed E-state index contributed by atoms with van der Waals surface area (Å²) in [5.41, 5.74) is 1.11. The lowest BCUT2D eigenvalue weighted by molar-refractivity contribution is -0.134. The molecule has 1 unspecified atom stereocenters. The smallest absolute Gasteiger partial charge is 0.399 e. The number of piperidine rings is 1. The number of benzene rings is 1. The second kappa shape index (κ2) is 5.66. The van der Waals surface area contributed by atoms with Crippen LogP contribution in [0.2, 0.25) is 0 Å². The molecule has 2 amide bonds. The minimum Gasteiger partial charge on any atom is -0.399 e. The SMILES string of the molecule is CC1(C)OB(c2ccc3c(C4CCC(=O)NC4=O)noc3c2)OC1(C)C. The Morgan fingerprint density at radius 3 is 2.50 bits per heavy atom. The van der Waals surface area contributed by atoms with Gasteiger partial charge in [-0.05, 0) is 51.7 Å². The molecular weight excluding hydrogens is 335 g/mol. The van der Waals surface area contributed by atoms with Crippen molar-refractivity contribution in [3.8, 4) is 0 Å². The first-order valence-corrected chi connectivity index (χ1v) is 8.76. The molecule has 8 heteroatoms. The number of nitrogens with one attached hydrogen (secondary N) is 1. The average molecular weight is 356 g/mol. The van der Waals surface area contributed by atoms with Crippen molar-refractivity contribution >= 4 is 35.4 Å². The Morgan fingerprint density at radius 1 is 1.15 bits per heavy atom. The summed E-state index contributed by atoms with van der Waals surface area (Å²) in [5.74, 6) is -1.05. The van der Waals surface area contributed by atoms with Gasteiger partial charge >= 0.3 is 7.12 Å². The van der Waals surface area contributed by atoms with Gasteiger partial charge in [0.15, 0.2) is 5.58 Å². The molecule has 0 spiro atoms. The summed E-state index contributed by atoms with van der Waals surface area (Å²) in [4.78, 5) is 23.5. The number of imide groups is 1. The van der Waals surface area contributed by atoms with E-state index < -0.39 is 24.2 Å². The van der Waals surface area contributed by atoms with Crippen LogP contribution in [0.4, 0.5) is 0 Å². The molecule has 2 aromatic rings. The summed E-state index contributed by atoms with van der Waals surface area (Å²) < 4.78 is 17.6. The van der Waals surface area contributed by atoms with Crippen LogP contribution in [0.25, 0.3) is 11.0 Å². The molecule has 0 saturated carbocycles. The molecule has 2 aliphatic heterocycles. The minimum atomic E-state index is -0.492. The standard InChI is InChI=1S/C18H21BN2O5/c1-17(2)18(3,4)26-19(25-17)10-5-6-11-13(9-10)24-21-15(11)12-7-8-14(22)20-16(12)23/h5-6,9,12H,7-8H2,1-4H3,(H,20,22,23). The third kappa shape index (κ3) is 2.64. The number of carbonyl (C=O) groups excluding carboxylic acids is 2. The number of rotatable bonds is 2. The number of nitrogens with zero attached hydrogens (tertiary/aromatic N) is 1. The molecule has 1 N–H and O–H groups in total. The molecule has 2 fully saturated rings. The van der Waals surface area contributed by atoms with E-state index in [9.17, 15) is 9.59 Å². The van der Waals surface area contributed by atoms with E-state index in [2.05, 4.69) is 10.5 Å². The van der Waals surface area contributed by atoms with Crippen LogP contribution in [0, 0.1) is 0 Å². The second-order valence-electron chi connectivity index (χ2n) is 7.92. The summed E-state index contributed by atoms with van der Waals surface area (Å²) in [6.07, 6.45) is 0.738. The molecule has 2 saturated heterocycles. The molecule has 7 nitrogen and oxygen atoms in total. The van der Waals surface area contributed by atoms with E-state index in [0.29, 0.717) is 24.1 Å². The molecule has 1 aromatic heterocycles. The molecule has 26 heavy (non-hydrogen) atoms. The van der Waals surface area contributed by atoms with Crippen LogP contribution in [0.1, 0.15) is 52.1 Å². The van der Waals surface area contributed by atoms with Gasteiger partial charge in [0.1, 0.15) is 5.69 Å². The monoisotopic (exact) mass is 356 g/mol. The molecule has 2 aliphatic rings. The molecule has 136 valence electrons. The fraction of sp³-hybridized carbons (Fsp3) is 0.500. The molecule has 3 heterocycles. The number of hydrogen-bond acceptors (Lipinski definition) is 6. The van der Waals surface area contributed by atoms with E-state index in [1.165, 1.54) is 0 Å². The third-order valence-electron chi connectivity index (χ3n) is 5.62. The van der Waals surface area contributed by atoms with E-state index in [-0.39, 0.29) is 11.8 Å². The maximum Gasteiger partial charge on any atom is 0.494 e. The quantitative estimate of drug-likeness (QED) is 0.650. The van der Waals surface area contributed by atoms with Gasteiger partial charge in [0.2, 0.25) is 11.8 Å². The molecule has 0 bridgehead atoms. The van der Waals surface area contributed by atoms with E-state index in [0.717, 1.165) is 10.8 Å². The van der Waals surface area contributed by atoms with E-state index in [4.69, 9.17) is 13.8 Å². The van der Waals surface area contributed by atoms with Gasteiger partial charge in [0.05, 0.1) is 17.1 Å². The maximum atomic E-state index is 12.1. The predicted octanol–water partition coefficient (Wildman–Crippen LogP) is 1.65. The van der Waals surface area contributed by atoms with Crippen molar-refractivity contribution < 1.29 is 23.4 Å². The van der Waals surface area contributed by atoms with Crippen molar-refractivity contribution in [2.24, 2.45) is 0 Å². The zero-order valence-electron chi connectivity index (χ0n) is 15.3. The van der Waals surface area contributed by atoms with Crippen LogP contribution < -0.4 is 10.8 Å². The van der Waals surface area contributed by atoms with Crippen molar-refractivity contribution in [2.45, 2.75) is 57.7 Å². The van der Waals surface area contributed by atoms with Crippen LogP contribution >= 0.6 is 0 Å². The highest BCUT2D eigenvalue weighted by Gasteiger charge is 2.51. The Kier molecular flexibility index (Phi) is 3.75. The van der Waals surface area contributed by atoms with Crippen molar-refractivity contribution in [3.63, 3.8) is 0 Å². The van der Waals surface area contributed by atoms with Crippen molar-refractivity contribution in [3.05, 3.63) is 23.9 Å². The average Bonchev–Trinajstić information content (AvgIpc) is 3.05. The fourth-order valence-corrected chi connectivity index (χ4v) is 3.31. The van der Waals surface area contributed by atoms with Gasteiger partial charge in [-0.3, -0.25) is 14.9 Å². The Bertz CT molecular complexity index is 888. The van der Waals surface area contributed by atoms with E-state index in [1.807, 2.05) is 45.9 Å². The number of aromatic nitrogens is 1. The highest BCUT2D eigenvalue weighted by atomic mass is 16.7. The van der Waals surface area contributed by atoms with E-state index >= 15 is 0 Å². The summed E-state index contributed by atoms with van der Waals surface area (Å²) in [7, 11) is -0.492. The Labute approximate surface area is 151 Å². The summed E-state index contributed by atoms with van der Waals surface area (Å²) in [6.45, 7) is 8.00. The minimum absolute atomic E-state index is 0.248. The van der Waals surface area contributed by atoms with Crippen molar-refractivity contribution in [2.75, 3.05) is 0 Å². The van der Waals surface area contributed by atoms with Crippen molar-refractivity contribution in [1.82, 2.24) is 10.5 Å². The van der Waals surface area contributed by atoms with Gasteiger partial charge in [-0.1, -0.05) is 11.2 Å². The number of amides is 2. The molecule has 1 aromatic carbocycles. The van der Waals surface area contributed by atoms with Gasteiger partial charge in [-0.2, -0.15) is 0 Å². The van der Waals surface area contributed by atoms with Crippen LogP contribution in [-0.2, 0) is 18.9 Å². The second-order valence-corrected chi connectivity index (χ2v) is 7.92. The first kappa shape index (κ1) is 17.2. The number of hydrogen-bond donors (Lipinski definition) is 1. The Morgan fingerprint density at radius 2 is 1.85 bits per heavy atom. The molecule has 1 atom stereocenters. The van der Waals surface area contributed by atoms with E-state index in [1.54, 1.807) is 0 Å². The number of carbonyl (C=O) groups is 2. The van der Waals surface area contributed by atoms with Gasteiger partial charge < -0.3 is 13.8 Å². The van der Waals surface area contributed by atoms with Crippen LogP contribution in [0.3, 0.4) is 0 Å². The lowest BCUT2D eigenvalue weighted by Gasteiger charge is -2.32. The van der Waals surface area contributed by atoms with Gasteiger partial charge in [0.25, 0.3) is 0 Å². The summed E-state index contributed by atoms with van der Waals surface area (Å²) in [5, 5.41) is 7.21. The van der Waals surface area contributed by atoms with Crippen LogP contribution in [0.5, 0.6) is 0 Å². The van der Waals surface area contributed by atoms with Crippen LogP contribution in [0.15, 0.2) is 22.7 Å². The molecular formula is C18H21BN2O5. The Hall–Kier alpha value is -2.19. The van der Waals surface area contributed by atoms with Gasteiger partial charge in [0, 0.05) is 11.8 Å². The summed E-state index contributed by atoms with van der Waals surface area (Å²) in [6, 6.07) is 5.60. The predicted molar refractivity (Wildman–Crippen MR) is 94.8 cm³/mol. The molecule has 0 radical (unpaired) electrons. The maximum absolute atomic E-state index is 12.1. The highest BCUT2D eigenvalue weighted by molar-refractivity contribution is 6.62. The first-order chi connectivity index (χ1) is 12.2.